The minimum atomic E-state index is -0.654. The van der Waals surface area contributed by atoms with Crippen molar-refractivity contribution in [1.82, 2.24) is 0 Å². The van der Waals surface area contributed by atoms with Gasteiger partial charge in [0.05, 0.1) is 4.92 Å². The van der Waals surface area contributed by atoms with Gasteiger partial charge in [-0.3, -0.25) is 14.9 Å². The summed E-state index contributed by atoms with van der Waals surface area (Å²) in [5, 5.41) is 22.8. The molecule has 0 saturated carbocycles. The summed E-state index contributed by atoms with van der Waals surface area (Å²) >= 11 is 5.74. The summed E-state index contributed by atoms with van der Waals surface area (Å²) in [6.07, 6.45) is 2.71. The zero-order valence-electron chi connectivity index (χ0n) is 10.7. The first kappa shape index (κ1) is 14.7. The second-order valence-electron chi connectivity index (χ2n) is 4.19. The van der Waals surface area contributed by atoms with Gasteiger partial charge in [0.2, 0.25) is 0 Å². The number of carbonyl (C=O) groups is 1. The topological polar surface area (TPSA) is 83.3 Å². The molecule has 0 aliphatic heterocycles. The highest BCUT2D eigenvalue weighted by Crippen LogP contribution is 2.22. The number of carbonyl (C=O) groups excluding carboxylic acids is 1. The normalized spacial score (nSPS) is 10.7. The number of hydrogen-bond acceptors (Lipinski definition) is 4. The Hall–Kier alpha value is -2.66. The number of nitro groups is 1. The molecule has 0 atom stereocenters. The molecular formula is C15H9ClNO4-. The molecular weight excluding hydrogens is 294 g/mol. The van der Waals surface area contributed by atoms with Gasteiger partial charge in [0, 0.05) is 22.7 Å². The molecule has 0 aromatic heterocycles. The predicted octanol–water partition coefficient (Wildman–Crippen LogP) is 3.22. The van der Waals surface area contributed by atoms with Crippen molar-refractivity contribution in [3.8, 4) is 5.75 Å². The van der Waals surface area contributed by atoms with E-state index in [9.17, 15) is 20.0 Å². The van der Waals surface area contributed by atoms with Crippen molar-refractivity contribution >= 4 is 29.1 Å². The summed E-state index contributed by atoms with van der Waals surface area (Å²) in [4.78, 5) is 22.0. The van der Waals surface area contributed by atoms with Crippen molar-refractivity contribution in [1.29, 1.82) is 0 Å². The fourth-order valence-corrected chi connectivity index (χ4v) is 1.79. The van der Waals surface area contributed by atoms with Gasteiger partial charge in [-0.2, -0.15) is 0 Å². The molecule has 2 aromatic carbocycles. The van der Waals surface area contributed by atoms with E-state index in [-0.39, 0.29) is 11.3 Å². The van der Waals surface area contributed by atoms with Crippen LogP contribution < -0.4 is 5.11 Å². The van der Waals surface area contributed by atoms with Crippen LogP contribution in [0.4, 0.5) is 5.69 Å². The number of nitrogens with zero attached hydrogens (tertiary/aromatic N) is 1. The fraction of sp³-hybridized carbons (Fsp3) is 0. The Kier molecular flexibility index (Phi) is 4.35. The molecule has 6 heteroatoms. The van der Waals surface area contributed by atoms with Gasteiger partial charge in [0.1, 0.15) is 0 Å². The zero-order chi connectivity index (χ0) is 15.4. The van der Waals surface area contributed by atoms with Gasteiger partial charge >= 0.3 is 0 Å². The Labute approximate surface area is 125 Å². The van der Waals surface area contributed by atoms with Crippen LogP contribution in [0.5, 0.6) is 5.75 Å². The van der Waals surface area contributed by atoms with E-state index in [1.54, 1.807) is 24.3 Å². The van der Waals surface area contributed by atoms with Gasteiger partial charge in [0.15, 0.2) is 5.78 Å². The minimum absolute atomic E-state index is 0.227. The third-order valence-electron chi connectivity index (χ3n) is 2.74. The van der Waals surface area contributed by atoms with E-state index < -0.39 is 16.5 Å². The molecule has 2 aromatic rings. The van der Waals surface area contributed by atoms with Crippen LogP contribution in [0.25, 0.3) is 6.08 Å². The number of allylic oxidation sites excluding steroid dienone is 1. The molecule has 2 rings (SSSR count). The first-order valence-corrected chi connectivity index (χ1v) is 6.28. The SMILES string of the molecule is O=C(/C=C/c1ccc(Cl)cc1)c1cc([N+](=O)[O-])ccc1[O-]. The summed E-state index contributed by atoms with van der Waals surface area (Å²) in [6.45, 7) is 0. The maximum Gasteiger partial charge on any atom is 0.270 e. The Morgan fingerprint density at radius 3 is 2.43 bits per heavy atom. The summed E-state index contributed by atoms with van der Waals surface area (Å²) in [5.74, 6) is -1.13. The van der Waals surface area contributed by atoms with Gasteiger partial charge in [-0.25, -0.2) is 0 Å². The highest BCUT2D eigenvalue weighted by molar-refractivity contribution is 6.30. The largest absolute Gasteiger partial charge is 0.872 e. The first-order chi connectivity index (χ1) is 9.97. The number of non-ortho nitro benzene ring substituents is 1. The quantitative estimate of drug-likeness (QED) is 0.376. The van der Waals surface area contributed by atoms with E-state index in [1.807, 2.05) is 0 Å². The first-order valence-electron chi connectivity index (χ1n) is 5.91. The minimum Gasteiger partial charge on any atom is -0.872 e. The lowest BCUT2D eigenvalue weighted by atomic mass is 10.1. The highest BCUT2D eigenvalue weighted by Gasteiger charge is 2.10. The molecule has 0 unspecified atom stereocenters. The van der Waals surface area contributed by atoms with Crippen molar-refractivity contribution in [3.05, 3.63) is 74.8 Å². The average molecular weight is 303 g/mol. The van der Waals surface area contributed by atoms with E-state index in [1.165, 1.54) is 12.2 Å². The van der Waals surface area contributed by atoms with Gasteiger partial charge in [-0.05, 0) is 23.8 Å². The van der Waals surface area contributed by atoms with Crippen molar-refractivity contribution in [2.45, 2.75) is 0 Å². The fourth-order valence-electron chi connectivity index (χ4n) is 1.66. The van der Waals surface area contributed by atoms with Gasteiger partial charge in [0.25, 0.3) is 5.69 Å². The van der Waals surface area contributed by atoms with E-state index in [2.05, 4.69) is 0 Å². The molecule has 0 bridgehead atoms. The smallest absolute Gasteiger partial charge is 0.270 e. The van der Waals surface area contributed by atoms with Crippen LogP contribution in [0.2, 0.25) is 5.02 Å². The molecule has 0 fully saturated rings. The molecule has 5 nitrogen and oxygen atoms in total. The molecule has 0 radical (unpaired) electrons. The molecule has 0 saturated heterocycles. The van der Waals surface area contributed by atoms with E-state index in [0.717, 1.165) is 23.8 Å². The highest BCUT2D eigenvalue weighted by atomic mass is 35.5. The van der Waals surface area contributed by atoms with Crippen molar-refractivity contribution in [3.63, 3.8) is 0 Å². The van der Waals surface area contributed by atoms with E-state index >= 15 is 0 Å². The molecule has 21 heavy (non-hydrogen) atoms. The average Bonchev–Trinajstić information content (AvgIpc) is 2.46. The standard InChI is InChI=1S/C15H10ClNO4/c16-11-4-1-10(2-5-11)3-7-14(18)13-9-12(17(20)21)6-8-15(13)19/h1-9,19H/p-1/b7-3+. The molecule has 106 valence electrons. The predicted molar refractivity (Wildman–Crippen MR) is 77.4 cm³/mol. The lowest BCUT2D eigenvalue weighted by Crippen LogP contribution is -2.03. The summed E-state index contributed by atoms with van der Waals surface area (Å²) in [7, 11) is 0. The Morgan fingerprint density at radius 2 is 1.81 bits per heavy atom. The van der Waals surface area contributed by atoms with Gasteiger partial charge in [-0.1, -0.05) is 41.6 Å². The number of hydrogen-bond donors (Lipinski definition) is 0. The molecule has 0 aliphatic carbocycles. The lowest BCUT2D eigenvalue weighted by Gasteiger charge is -2.09. The monoisotopic (exact) mass is 302 g/mol. The van der Waals surface area contributed by atoms with Crippen molar-refractivity contribution < 1.29 is 14.8 Å². The van der Waals surface area contributed by atoms with Crippen LogP contribution in [-0.2, 0) is 0 Å². The zero-order valence-corrected chi connectivity index (χ0v) is 11.4. The Bertz CT molecular complexity index is 723. The van der Waals surface area contributed by atoms with Crippen LogP contribution in [0, 0.1) is 10.1 Å². The third-order valence-corrected chi connectivity index (χ3v) is 2.99. The molecule has 0 heterocycles. The van der Waals surface area contributed by atoms with Crippen molar-refractivity contribution in [2.24, 2.45) is 0 Å². The maximum atomic E-state index is 11.9. The number of ketones is 1. The molecule has 0 spiro atoms. The van der Waals surface area contributed by atoms with Crippen LogP contribution in [-0.4, -0.2) is 10.7 Å². The van der Waals surface area contributed by atoms with Crippen molar-refractivity contribution in [2.75, 3.05) is 0 Å². The molecule has 0 N–H and O–H groups in total. The number of benzene rings is 2. The number of rotatable bonds is 4. The number of halogens is 1. The summed E-state index contributed by atoms with van der Waals surface area (Å²) < 4.78 is 0. The van der Waals surface area contributed by atoms with Gasteiger partial charge < -0.3 is 5.11 Å². The van der Waals surface area contributed by atoms with Crippen LogP contribution >= 0.6 is 11.6 Å². The van der Waals surface area contributed by atoms with Gasteiger partial charge in [-0.15, -0.1) is 0 Å². The Morgan fingerprint density at radius 1 is 1.14 bits per heavy atom. The van der Waals surface area contributed by atoms with Crippen LogP contribution in [0.1, 0.15) is 15.9 Å². The lowest BCUT2D eigenvalue weighted by molar-refractivity contribution is -0.385. The summed E-state index contributed by atoms with van der Waals surface area (Å²) in [5.41, 5.74) is 0.206. The molecule has 0 amide bonds. The van der Waals surface area contributed by atoms with E-state index in [0.29, 0.717) is 5.02 Å². The Balaban J connectivity index is 2.25. The second-order valence-corrected chi connectivity index (χ2v) is 4.62. The summed E-state index contributed by atoms with van der Waals surface area (Å²) in [6, 6.07) is 9.81. The number of nitro benzene ring substituents is 1. The van der Waals surface area contributed by atoms with E-state index in [4.69, 9.17) is 11.6 Å². The van der Waals surface area contributed by atoms with Crippen LogP contribution in [0.15, 0.2) is 48.5 Å². The third kappa shape index (κ3) is 3.67. The van der Waals surface area contributed by atoms with Crippen LogP contribution in [0.3, 0.4) is 0 Å². The maximum absolute atomic E-state index is 11.9. The molecule has 0 aliphatic rings. The second kappa shape index (κ2) is 6.19.